The number of aromatic amines is 1. The van der Waals surface area contributed by atoms with Crippen molar-refractivity contribution in [3.05, 3.63) is 77.6 Å². The fourth-order valence-corrected chi connectivity index (χ4v) is 3.34. The van der Waals surface area contributed by atoms with E-state index in [-0.39, 0.29) is 11.9 Å². The SMILES string of the molecule is O=C(NC(Cn1nccn1)c1ccccc1)c1cc(-c2cccs2)[nH]n1. The van der Waals surface area contributed by atoms with Gasteiger partial charge in [-0.2, -0.15) is 20.1 Å². The standard InChI is InChI=1S/C18H16N6OS/c25-18(15-11-14(22-23-15)17-7-4-10-26-17)21-16(12-24-19-8-9-20-24)13-5-2-1-3-6-13/h1-11,16H,12H2,(H,21,25)(H,22,23). The minimum absolute atomic E-state index is 0.245. The third kappa shape index (κ3) is 3.55. The Balaban J connectivity index is 1.54. The van der Waals surface area contributed by atoms with Crippen molar-refractivity contribution in [2.24, 2.45) is 0 Å². The summed E-state index contributed by atoms with van der Waals surface area (Å²) in [5, 5.41) is 20.3. The number of rotatable bonds is 6. The summed E-state index contributed by atoms with van der Waals surface area (Å²) >= 11 is 1.59. The fraction of sp³-hybridized carbons (Fsp3) is 0.111. The van der Waals surface area contributed by atoms with Crippen LogP contribution in [0.1, 0.15) is 22.1 Å². The van der Waals surface area contributed by atoms with Crippen molar-refractivity contribution in [3.63, 3.8) is 0 Å². The zero-order valence-corrected chi connectivity index (χ0v) is 14.6. The Kier molecular flexibility index (Phi) is 4.57. The lowest BCUT2D eigenvalue weighted by Gasteiger charge is -2.18. The van der Waals surface area contributed by atoms with E-state index in [1.54, 1.807) is 34.6 Å². The summed E-state index contributed by atoms with van der Waals surface area (Å²) in [6.07, 6.45) is 3.23. The van der Waals surface area contributed by atoms with Gasteiger partial charge in [0.05, 0.1) is 35.6 Å². The summed E-state index contributed by atoms with van der Waals surface area (Å²) in [7, 11) is 0. The highest BCUT2D eigenvalue weighted by atomic mass is 32.1. The van der Waals surface area contributed by atoms with Gasteiger partial charge >= 0.3 is 0 Å². The molecule has 1 atom stereocenters. The molecule has 4 aromatic rings. The molecule has 26 heavy (non-hydrogen) atoms. The number of hydrogen-bond acceptors (Lipinski definition) is 5. The molecule has 3 heterocycles. The molecule has 4 rings (SSSR count). The van der Waals surface area contributed by atoms with Gasteiger partial charge in [0.1, 0.15) is 0 Å². The summed E-state index contributed by atoms with van der Waals surface area (Å²) < 4.78 is 0. The van der Waals surface area contributed by atoms with Gasteiger partial charge in [-0.1, -0.05) is 36.4 Å². The van der Waals surface area contributed by atoms with E-state index >= 15 is 0 Å². The third-order valence-electron chi connectivity index (χ3n) is 3.92. The number of amides is 1. The van der Waals surface area contributed by atoms with E-state index in [0.29, 0.717) is 12.2 Å². The number of aromatic nitrogens is 5. The second-order valence-electron chi connectivity index (χ2n) is 5.66. The van der Waals surface area contributed by atoms with Crippen LogP contribution < -0.4 is 5.32 Å². The maximum absolute atomic E-state index is 12.7. The largest absolute Gasteiger partial charge is 0.342 e. The van der Waals surface area contributed by atoms with E-state index < -0.39 is 0 Å². The monoisotopic (exact) mass is 364 g/mol. The summed E-state index contributed by atoms with van der Waals surface area (Å²) in [5.41, 5.74) is 2.16. The zero-order chi connectivity index (χ0) is 17.8. The van der Waals surface area contributed by atoms with Crippen LogP contribution in [0, 0.1) is 0 Å². The molecular formula is C18H16N6OS. The lowest BCUT2D eigenvalue weighted by Crippen LogP contribution is -2.32. The van der Waals surface area contributed by atoms with Crippen LogP contribution in [-0.2, 0) is 6.54 Å². The van der Waals surface area contributed by atoms with Gasteiger partial charge in [0, 0.05) is 0 Å². The van der Waals surface area contributed by atoms with Crippen molar-refractivity contribution in [1.82, 2.24) is 30.5 Å². The quantitative estimate of drug-likeness (QED) is 0.551. The van der Waals surface area contributed by atoms with E-state index in [2.05, 4.69) is 25.7 Å². The molecule has 0 aliphatic heterocycles. The maximum Gasteiger partial charge on any atom is 0.272 e. The van der Waals surface area contributed by atoms with E-state index in [0.717, 1.165) is 16.1 Å². The van der Waals surface area contributed by atoms with E-state index in [1.165, 1.54) is 0 Å². The van der Waals surface area contributed by atoms with Gasteiger partial charge in [0.25, 0.3) is 5.91 Å². The minimum Gasteiger partial charge on any atom is -0.342 e. The first-order valence-corrected chi connectivity index (χ1v) is 8.97. The molecule has 130 valence electrons. The Morgan fingerprint density at radius 2 is 1.96 bits per heavy atom. The number of thiophene rings is 1. The summed E-state index contributed by atoms with van der Waals surface area (Å²) in [5.74, 6) is -0.245. The molecule has 1 amide bonds. The molecule has 0 bridgehead atoms. The Hall–Kier alpha value is -3.26. The van der Waals surface area contributed by atoms with Crippen LogP contribution in [-0.4, -0.2) is 31.1 Å². The van der Waals surface area contributed by atoms with E-state index in [1.807, 2.05) is 47.8 Å². The molecule has 7 nitrogen and oxygen atoms in total. The molecule has 1 aromatic carbocycles. The third-order valence-corrected chi connectivity index (χ3v) is 4.82. The zero-order valence-electron chi connectivity index (χ0n) is 13.7. The number of benzene rings is 1. The van der Waals surface area contributed by atoms with Crippen molar-refractivity contribution >= 4 is 17.2 Å². The average Bonchev–Trinajstić information content (AvgIpc) is 3.42. The molecule has 0 saturated heterocycles. The van der Waals surface area contributed by atoms with Crippen LogP contribution in [0.5, 0.6) is 0 Å². The van der Waals surface area contributed by atoms with Crippen LogP contribution in [0.25, 0.3) is 10.6 Å². The van der Waals surface area contributed by atoms with Crippen molar-refractivity contribution < 1.29 is 4.79 Å². The van der Waals surface area contributed by atoms with Crippen molar-refractivity contribution in [1.29, 1.82) is 0 Å². The normalized spacial score (nSPS) is 12.0. The Morgan fingerprint density at radius 1 is 1.15 bits per heavy atom. The van der Waals surface area contributed by atoms with Gasteiger partial charge in [-0.15, -0.1) is 11.3 Å². The second-order valence-corrected chi connectivity index (χ2v) is 6.61. The van der Waals surface area contributed by atoms with E-state index in [4.69, 9.17) is 0 Å². The lowest BCUT2D eigenvalue weighted by molar-refractivity contribution is 0.0925. The Morgan fingerprint density at radius 3 is 2.69 bits per heavy atom. The van der Waals surface area contributed by atoms with Crippen LogP contribution in [0.2, 0.25) is 0 Å². The van der Waals surface area contributed by atoms with Gasteiger partial charge < -0.3 is 5.32 Å². The number of nitrogens with zero attached hydrogens (tertiary/aromatic N) is 4. The molecule has 0 spiro atoms. The molecule has 0 saturated carbocycles. The molecule has 1 unspecified atom stereocenters. The van der Waals surface area contributed by atoms with Gasteiger partial charge in [-0.25, -0.2) is 0 Å². The molecule has 3 aromatic heterocycles. The van der Waals surface area contributed by atoms with Crippen molar-refractivity contribution in [2.75, 3.05) is 0 Å². The number of nitrogens with one attached hydrogen (secondary N) is 2. The predicted molar refractivity (Wildman–Crippen MR) is 98.6 cm³/mol. The Labute approximate surface area is 153 Å². The molecular weight excluding hydrogens is 348 g/mol. The number of carbonyl (C=O) groups is 1. The highest BCUT2D eigenvalue weighted by Gasteiger charge is 2.19. The minimum atomic E-state index is -0.266. The van der Waals surface area contributed by atoms with Crippen LogP contribution in [0.4, 0.5) is 0 Å². The van der Waals surface area contributed by atoms with Crippen molar-refractivity contribution in [2.45, 2.75) is 12.6 Å². The maximum atomic E-state index is 12.7. The molecule has 2 N–H and O–H groups in total. The average molecular weight is 364 g/mol. The number of H-pyrrole nitrogens is 1. The van der Waals surface area contributed by atoms with Crippen LogP contribution >= 0.6 is 11.3 Å². The van der Waals surface area contributed by atoms with Crippen LogP contribution in [0.3, 0.4) is 0 Å². The Bertz CT molecular complexity index is 962. The molecule has 8 heteroatoms. The summed E-state index contributed by atoms with van der Waals surface area (Å²) in [6, 6.07) is 15.2. The van der Waals surface area contributed by atoms with Gasteiger partial charge in [0.2, 0.25) is 0 Å². The molecule has 0 aliphatic carbocycles. The van der Waals surface area contributed by atoms with Gasteiger partial charge in [-0.05, 0) is 23.1 Å². The van der Waals surface area contributed by atoms with Gasteiger partial charge in [-0.3, -0.25) is 9.89 Å². The lowest BCUT2D eigenvalue weighted by atomic mass is 10.1. The first-order chi connectivity index (χ1) is 12.8. The fourth-order valence-electron chi connectivity index (χ4n) is 2.65. The number of hydrogen-bond donors (Lipinski definition) is 2. The highest BCUT2D eigenvalue weighted by molar-refractivity contribution is 7.13. The van der Waals surface area contributed by atoms with Crippen molar-refractivity contribution in [3.8, 4) is 10.6 Å². The smallest absolute Gasteiger partial charge is 0.272 e. The molecule has 0 radical (unpaired) electrons. The second kappa shape index (κ2) is 7.32. The molecule has 0 aliphatic rings. The number of carbonyl (C=O) groups excluding carboxylic acids is 1. The predicted octanol–water partition coefficient (Wildman–Crippen LogP) is 2.90. The van der Waals surface area contributed by atoms with Gasteiger partial charge in [0.15, 0.2) is 5.69 Å². The van der Waals surface area contributed by atoms with E-state index in [9.17, 15) is 4.79 Å². The molecule has 0 fully saturated rings. The highest BCUT2D eigenvalue weighted by Crippen LogP contribution is 2.23. The first-order valence-electron chi connectivity index (χ1n) is 8.09. The summed E-state index contributed by atoms with van der Waals surface area (Å²) in [4.78, 5) is 15.3. The van der Waals surface area contributed by atoms with Crippen LogP contribution in [0.15, 0.2) is 66.3 Å². The topological polar surface area (TPSA) is 88.5 Å². The first kappa shape index (κ1) is 16.2. The summed E-state index contributed by atoms with van der Waals surface area (Å²) in [6.45, 7) is 0.435.